The summed E-state index contributed by atoms with van der Waals surface area (Å²) < 4.78 is 0. The van der Waals surface area contributed by atoms with Crippen LogP contribution in [0, 0.1) is 6.92 Å². The fraction of sp³-hybridized carbons (Fsp3) is 0.300. The van der Waals surface area contributed by atoms with Crippen molar-refractivity contribution in [1.29, 1.82) is 0 Å². The lowest BCUT2D eigenvalue weighted by Gasteiger charge is -2.32. The highest BCUT2D eigenvalue weighted by atomic mass is 35.5. The molecule has 2 aromatic rings. The summed E-state index contributed by atoms with van der Waals surface area (Å²) in [4.78, 5) is 28.3. The Bertz CT molecular complexity index is 899. The number of carbonyl (C=O) groups is 2. The van der Waals surface area contributed by atoms with Gasteiger partial charge in [-0.15, -0.1) is 11.8 Å². The maximum Gasteiger partial charge on any atom is 0.268 e. The zero-order chi connectivity index (χ0) is 18.5. The van der Waals surface area contributed by atoms with Crippen LogP contribution in [0.3, 0.4) is 0 Å². The molecule has 0 saturated carbocycles. The molecule has 2 aromatic carbocycles. The van der Waals surface area contributed by atoms with Crippen molar-refractivity contribution in [3.05, 3.63) is 64.2 Å². The molecule has 0 bridgehead atoms. The first kappa shape index (κ1) is 17.4. The first-order valence-electron chi connectivity index (χ1n) is 8.53. The second-order valence-corrected chi connectivity index (χ2v) is 8.43. The van der Waals surface area contributed by atoms with Crippen LogP contribution in [0.4, 0.5) is 5.69 Å². The molecule has 4 rings (SSSR count). The van der Waals surface area contributed by atoms with Gasteiger partial charge in [-0.25, -0.2) is 0 Å². The summed E-state index contributed by atoms with van der Waals surface area (Å²) in [6.45, 7) is 4.60. The van der Waals surface area contributed by atoms with Crippen molar-refractivity contribution in [3.8, 4) is 0 Å². The first-order valence-corrected chi connectivity index (χ1v) is 9.89. The van der Waals surface area contributed by atoms with Gasteiger partial charge in [-0.05, 0) is 30.7 Å². The molecule has 2 aliphatic rings. The fourth-order valence-corrected chi connectivity index (χ4v) is 5.42. The van der Waals surface area contributed by atoms with Gasteiger partial charge in [0.05, 0.1) is 12.2 Å². The van der Waals surface area contributed by atoms with Gasteiger partial charge in [0.1, 0.15) is 0 Å². The van der Waals surface area contributed by atoms with Crippen molar-refractivity contribution < 1.29 is 9.59 Å². The molecule has 4 nitrogen and oxygen atoms in total. The smallest absolute Gasteiger partial charge is 0.268 e. The highest BCUT2D eigenvalue weighted by molar-refractivity contribution is 8.01. The van der Waals surface area contributed by atoms with Gasteiger partial charge in [0.25, 0.3) is 5.91 Å². The number of amides is 2. The number of benzene rings is 2. The van der Waals surface area contributed by atoms with Gasteiger partial charge in [-0.3, -0.25) is 9.59 Å². The van der Waals surface area contributed by atoms with Crippen LogP contribution >= 0.6 is 23.4 Å². The summed E-state index contributed by atoms with van der Waals surface area (Å²) in [6, 6.07) is 13.7. The minimum absolute atomic E-state index is 0.0620. The Hall–Kier alpha value is -1.98. The summed E-state index contributed by atoms with van der Waals surface area (Å²) >= 11 is 7.76. The van der Waals surface area contributed by atoms with Gasteiger partial charge < -0.3 is 9.80 Å². The summed E-state index contributed by atoms with van der Waals surface area (Å²) in [5, 5.41) is 0.573. The van der Waals surface area contributed by atoms with E-state index in [1.807, 2.05) is 43.3 Å². The third-order valence-electron chi connectivity index (χ3n) is 5.00. The minimum atomic E-state index is -0.989. The molecule has 2 amide bonds. The van der Waals surface area contributed by atoms with Crippen LogP contribution in [0.5, 0.6) is 0 Å². The maximum atomic E-state index is 13.6. The van der Waals surface area contributed by atoms with Gasteiger partial charge in [0.2, 0.25) is 5.91 Å². The number of thioether (sulfide) groups is 1. The van der Waals surface area contributed by atoms with Gasteiger partial charge in [-0.2, -0.15) is 0 Å². The van der Waals surface area contributed by atoms with Crippen LogP contribution in [-0.4, -0.2) is 29.0 Å². The van der Waals surface area contributed by atoms with E-state index in [1.165, 1.54) is 24.2 Å². The van der Waals surface area contributed by atoms with Gasteiger partial charge in [0, 0.05) is 29.8 Å². The lowest BCUT2D eigenvalue weighted by Crippen LogP contribution is -2.49. The lowest BCUT2D eigenvalue weighted by molar-refractivity contribution is -0.138. The average molecular weight is 387 g/mol. The summed E-state index contributed by atoms with van der Waals surface area (Å²) in [5.41, 5.74) is 3.89. The number of rotatable bonds is 2. The predicted molar refractivity (Wildman–Crippen MR) is 105 cm³/mol. The van der Waals surface area contributed by atoms with E-state index in [4.69, 9.17) is 11.6 Å². The standard InChI is InChI=1S/C20H19ClN2O2S/c1-13-3-5-15(6-4-13)12-22-18-8-7-16(21)11-17(18)20(19(22)25)23(14(2)24)9-10-26-20/h3-8,11H,9-10,12H2,1-2H3. The number of nitrogens with zero attached hydrogens (tertiary/aromatic N) is 2. The first-order chi connectivity index (χ1) is 12.4. The van der Waals surface area contributed by atoms with Crippen LogP contribution in [0.15, 0.2) is 42.5 Å². The Kier molecular flexibility index (Phi) is 4.24. The second kappa shape index (κ2) is 6.32. The Morgan fingerprint density at radius 2 is 1.96 bits per heavy atom. The van der Waals surface area contributed by atoms with E-state index < -0.39 is 4.87 Å². The molecule has 1 saturated heterocycles. The van der Waals surface area contributed by atoms with Crippen molar-refractivity contribution in [2.75, 3.05) is 17.2 Å². The molecule has 6 heteroatoms. The number of hydrogen-bond donors (Lipinski definition) is 0. The molecule has 0 N–H and O–H groups in total. The SMILES string of the molecule is CC(=O)N1CCSC12C(=O)N(Cc1ccc(C)cc1)c1ccc(Cl)cc12. The molecule has 0 radical (unpaired) electrons. The highest BCUT2D eigenvalue weighted by Gasteiger charge is 2.58. The number of halogens is 1. The van der Waals surface area contributed by atoms with E-state index in [0.29, 0.717) is 18.1 Å². The number of hydrogen-bond acceptors (Lipinski definition) is 3. The molecule has 2 heterocycles. The third-order valence-corrected chi connectivity index (χ3v) is 6.65. The zero-order valence-corrected chi connectivity index (χ0v) is 16.2. The molecule has 1 unspecified atom stereocenters. The second-order valence-electron chi connectivity index (χ2n) is 6.70. The zero-order valence-electron chi connectivity index (χ0n) is 14.7. The summed E-state index contributed by atoms with van der Waals surface area (Å²) in [6.07, 6.45) is 0. The molecule has 1 fully saturated rings. The third kappa shape index (κ3) is 2.53. The van der Waals surface area contributed by atoms with Crippen molar-refractivity contribution >= 4 is 40.9 Å². The van der Waals surface area contributed by atoms with Crippen LogP contribution < -0.4 is 4.90 Å². The van der Waals surface area contributed by atoms with E-state index in [0.717, 1.165) is 22.6 Å². The largest absolute Gasteiger partial charge is 0.315 e. The Morgan fingerprint density at radius 3 is 2.65 bits per heavy atom. The average Bonchev–Trinajstić information content (AvgIpc) is 3.15. The topological polar surface area (TPSA) is 40.6 Å². The minimum Gasteiger partial charge on any atom is -0.315 e. The number of carbonyl (C=O) groups excluding carboxylic acids is 2. The van der Waals surface area contributed by atoms with Crippen molar-refractivity contribution in [1.82, 2.24) is 4.90 Å². The van der Waals surface area contributed by atoms with E-state index in [2.05, 4.69) is 0 Å². The number of fused-ring (bicyclic) bond motifs is 2. The lowest BCUT2D eigenvalue weighted by atomic mass is 10.1. The summed E-state index contributed by atoms with van der Waals surface area (Å²) in [5.74, 6) is 0.579. The Morgan fingerprint density at radius 1 is 1.23 bits per heavy atom. The summed E-state index contributed by atoms with van der Waals surface area (Å²) in [7, 11) is 0. The van der Waals surface area contributed by atoms with Crippen LogP contribution in [-0.2, 0) is 21.0 Å². The van der Waals surface area contributed by atoms with Crippen molar-refractivity contribution in [2.45, 2.75) is 25.3 Å². The monoisotopic (exact) mass is 386 g/mol. The normalized spacial score (nSPS) is 21.6. The van der Waals surface area contributed by atoms with Crippen molar-refractivity contribution in [3.63, 3.8) is 0 Å². The van der Waals surface area contributed by atoms with E-state index in [9.17, 15) is 9.59 Å². The molecule has 1 atom stereocenters. The maximum absolute atomic E-state index is 13.6. The molecule has 26 heavy (non-hydrogen) atoms. The fourth-order valence-electron chi connectivity index (χ4n) is 3.76. The molecular formula is C20H19ClN2O2S. The van der Waals surface area contributed by atoms with E-state index in [1.54, 1.807) is 15.9 Å². The highest BCUT2D eigenvalue weighted by Crippen LogP contribution is 2.54. The molecule has 134 valence electrons. The van der Waals surface area contributed by atoms with Gasteiger partial charge in [-0.1, -0.05) is 41.4 Å². The molecular weight excluding hydrogens is 368 g/mol. The van der Waals surface area contributed by atoms with Crippen LogP contribution in [0.2, 0.25) is 5.02 Å². The van der Waals surface area contributed by atoms with E-state index in [-0.39, 0.29) is 11.8 Å². The predicted octanol–water partition coefficient (Wildman–Crippen LogP) is 3.94. The quantitative estimate of drug-likeness (QED) is 0.784. The van der Waals surface area contributed by atoms with Gasteiger partial charge >= 0.3 is 0 Å². The number of aryl methyl sites for hydroxylation is 1. The molecule has 0 aromatic heterocycles. The molecule has 1 spiro atoms. The number of anilines is 1. The van der Waals surface area contributed by atoms with Crippen molar-refractivity contribution in [2.24, 2.45) is 0 Å². The van der Waals surface area contributed by atoms with Gasteiger partial charge in [0.15, 0.2) is 4.87 Å². The Labute approximate surface area is 162 Å². The molecule has 0 aliphatic carbocycles. The molecule has 2 aliphatic heterocycles. The Balaban J connectivity index is 1.82. The van der Waals surface area contributed by atoms with Crippen LogP contribution in [0.1, 0.15) is 23.6 Å². The van der Waals surface area contributed by atoms with Crippen LogP contribution in [0.25, 0.3) is 0 Å². The van der Waals surface area contributed by atoms with E-state index >= 15 is 0 Å².